The molecular weight excluding hydrogens is 370 g/mol. The summed E-state index contributed by atoms with van der Waals surface area (Å²) in [5.74, 6) is 0. The van der Waals surface area contributed by atoms with Crippen LogP contribution in [0.3, 0.4) is 0 Å². The Kier molecular flexibility index (Phi) is 4.59. The van der Waals surface area contributed by atoms with E-state index in [4.69, 9.17) is 40.1 Å². The zero-order valence-corrected chi connectivity index (χ0v) is 13.2. The maximum Gasteiger partial charge on any atom is 0.103 e. The van der Waals surface area contributed by atoms with Crippen LogP contribution in [0.4, 0.5) is 11.4 Å². The monoisotopic (exact) mass is 374 g/mol. The van der Waals surface area contributed by atoms with Crippen LogP contribution in [-0.4, -0.2) is 0 Å². The molecule has 0 aliphatic carbocycles. The Hall–Kier alpha value is -0.920. The number of benzene rings is 2. The summed E-state index contributed by atoms with van der Waals surface area (Å²) in [4.78, 5) is 0. The van der Waals surface area contributed by atoms with Gasteiger partial charge in [0, 0.05) is 4.47 Å². The van der Waals surface area contributed by atoms with Gasteiger partial charge in [0.05, 0.1) is 32.0 Å². The van der Waals surface area contributed by atoms with Gasteiger partial charge in [-0.2, -0.15) is 5.26 Å². The quantitative estimate of drug-likeness (QED) is 0.650. The van der Waals surface area contributed by atoms with E-state index in [-0.39, 0.29) is 0 Å². The van der Waals surface area contributed by atoms with Crippen molar-refractivity contribution in [2.75, 3.05) is 5.32 Å². The van der Waals surface area contributed by atoms with Crippen LogP contribution >= 0.6 is 50.7 Å². The Morgan fingerprint density at radius 3 is 2.37 bits per heavy atom. The summed E-state index contributed by atoms with van der Waals surface area (Å²) in [6, 6.07) is 10.7. The second kappa shape index (κ2) is 6.02. The lowest BCUT2D eigenvalue weighted by Gasteiger charge is -2.11. The molecule has 96 valence electrons. The van der Waals surface area contributed by atoms with Gasteiger partial charge in [-0.3, -0.25) is 0 Å². The summed E-state index contributed by atoms with van der Waals surface area (Å²) in [5.41, 5.74) is 1.72. The van der Waals surface area contributed by atoms with E-state index in [9.17, 15) is 0 Å². The molecule has 0 atom stereocenters. The van der Waals surface area contributed by atoms with Gasteiger partial charge in [-0.05, 0) is 40.2 Å². The van der Waals surface area contributed by atoms with Gasteiger partial charge < -0.3 is 5.32 Å². The van der Waals surface area contributed by atoms with E-state index < -0.39 is 0 Å². The second-order valence-electron chi connectivity index (χ2n) is 3.65. The number of nitrogens with one attached hydrogen (secondary N) is 1. The molecule has 0 spiro atoms. The third-order valence-electron chi connectivity index (χ3n) is 2.40. The standard InChI is InChI=1S/C13H6BrCl3N2/c14-8-2-1-3-12(7(8)6-18)19-13-5-10(16)9(15)4-11(13)17/h1-5,19H. The van der Waals surface area contributed by atoms with Crippen molar-refractivity contribution >= 4 is 62.1 Å². The first kappa shape index (κ1) is 14.5. The summed E-state index contributed by atoms with van der Waals surface area (Å²) in [7, 11) is 0. The molecule has 0 aromatic heterocycles. The molecule has 0 fully saturated rings. The first-order valence-electron chi connectivity index (χ1n) is 5.13. The molecule has 2 nitrogen and oxygen atoms in total. The molecule has 2 aromatic carbocycles. The van der Waals surface area contributed by atoms with Gasteiger partial charge in [-0.25, -0.2) is 0 Å². The third-order valence-corrected chi connectivity index (χ3v) is 4.10. The van der Waals surface area contributed by atoms with E-state index in [1.807, 2.05) is 6.07 Å². The molecule has 0 bridgehead atoms. The van der Waals surface area contributed by atoms with E-state index in [0.29, 0.717) is 36.5 Å². The summed E-state index contributed by atoms with van der Waals surface area (Å²) < 4.78 is 0.705. The Labute approximate surface area is 134 Å². The molecule has 0 unspecified atom stereocenters. The molecule has 0 heterocycles. The summed E-state index contributed by atoms with van der Waals surface area (Å²) in [5, 5.41) is 13.4. The molecule has 2 aromatic rings. The molecule has 0 aliphatic heterocycles. The number of nitriles is 1. The normalized spacial score (nSPS) is 10.1. The minimum Gasteiger partial charge on any atom is -0.353 e. The number of nitrogens with zero attached hydrogens (tertiary/aromatic N) is 1. The average Bonchev–Trinajstić information content (AvgIpc) is 2.36. The number of hydrogen-bond donors (Lipinski definition) is 1. The molecule has 0 saturated carbocycles. The van der Waals surface area contributed by atoms with Gasteiger partial charge in [-0.15, -0.1) is 0 Å². The van der Waals surface area contributed by atoms with Gasteiger partial charge in [0.25, 0.3) is 0 Å². The van der Waals surface area contributed by atoms with Gasteiger partial charge in [0.15, 0.2) is 0 Å². The first-order valence-corrected chi connectivity index (χ1v) is 7.06. The van der Waals surface area contributed by atoms with Crippen molar-refractivity contribution in [3.8, 4) is 6.07 Å². The maximum atomic E-state index is 9.15. The Morgan fingerprint density at radius 1 is 1.00 bits per heavy atom. The van der Waals surface area contributed by atoms with Crippen LogP contribution in [0.25, 0.3) is 0 Å². The van der Waals surface area contributed by atoms with Crippen LogP contribution in [0.15, 0.2) is 34.8 Å². The first-order chi connectivity index (χ1) is 9.02. The van der Waals surface area contributed by atoms with E-state index >= 15 is 0 Å². The van der Waals surface area contributed by atoms with Crippen LogP contribution in [0.1, 0.15) is 5.56 Å². The number of hydrogen-bond acceptors (Lipinski definition) is 2. The summed E-state index contributed by atoms with van der Waals surface area (Å²) in [6.07, 6.45) is 0. The van der Waals surface area contributed by atoms with Crippen LogP contribution in [0.5, 0.6) is 0 Å². The van der Waals surface area contributed by atoms with Crippen molar-refractivity contribution in [2.45, 2.75) is 0 Å². The Bertz CT molecular complexity index is 680. The minimum atomic E-state index is 0.381. The van der Waals surface area contributed by atoms with Crippen molar-refractivity contribution in [2.24, 2.45) is 0 Å². The Balaban J connectivity index is 2.45. The van der Waals surface area contributed by atoms with Gasteiger partial charge in [0.2, 0.25) is 0 Å². The highest BCUT2D eigenvalue weighted by atomic mass is 79.9. The average molecular weight is 376 g/mol. The van der Waals surface area contributed by atoms with E-state index in [1.54, 1.807) is 24.3 Å². The van der Waals surface area contributed by atoms with Crippen molar-refractivity contribution in [3.05, 3.63) is 55.4 Å². The van der Waals surface area contributed by atoms with Crippen LogP contribution < -0.4 is 5.32 Å². The van der Waals surface area contributed by atoms with Crippen LogP contribution in [0.2, 0.25) is 15.1 Å². The molecule has 0 radical (unpaired) electrons. The van der Waals surface area contributed by atoms with Crippen molar-refractivity contribution in [3.63, 3.8) is 0 Å². The lowest BCUT2D eigenvalue weighted by atomic mass is 10.2. The van der Waals surface area contributed by atoms with Crippen molar-refractivity contribution in [1.29, 1.82) is 5.26 Å². The summed E-state index contributed by atoms with van der Waals surface area (Å²) >= 11 is 21.2. The smallest absolute Gasteiger partial charge is 0.103 e. The Morgan fingerprint density at radius 2 is 1.68 bits per heavy atom. The van der Waals surface area contributed by atoms with Gasteiger partial charge in [-0.1, -0.05) is 40.9 Å². The fourth-order valence-electron chi connectivity index (χ4n) is 1.51. The molecule has 2 rings (SSSR count). The molecule has 0 amide bonds. The molecule has 1 N–H and O–H groups in total. The number of halogens is 4. The summed E-state index contributed by atoms with van der Waals surface area (Å²) in [6.45, 7) is 0. The highest BCUT2D eigenvalue weighted by molar-refractivity contribution is 9.10. The highest BCUT2D eigenvalue weighted by Crippen LogP contribution is 2.35. The van der Waals surface area contributed by atoms with Gasteiger partial charge in [0.1, 0.15) is 6.07 Å². The van der Waals surface area contributed by atoms with Gasteiger partial charge >= 0.3 is 0 Å². The maximum absolute atomic E-state index is 9.15. The molecule has 19 heavy (non-hydrogen) atoms. The zero-order chi connectivity index (χ0) is 14.0. The van der Waals surface area contributed by atoms with Crippen LogP contribution in [0, 0.1) is 11.3 Å². The predicted molar refractivity (Wildman–Crippen MR) is 83.6 cm³/mol. The predicted octanol–water partition coefficient (Wildman–Crippen LogP) is 6.02. The molecule has 0 aliphatic rings. The second-order valence-corrected chi connectivity index (χ2v) is 5.72. The van der Waals surface area contributed by atoms with Crippen molar-refractivity contribution < 1.29 is 0 Å². The van der Waals surface area contributed by atoms with E-state index in [2.05, 4.69) is 27.3 Å². The molecule has 0 saturated heterocycles. The number of anilines is 2. The molecular formula is C13H6BrCl3N2. The fraction of sp³-hybridized carbons (Fsp3) is 0. The SMILES string of the molecule is N#Cc1c(Br)cccc1Nc1cc(Cl)c(Cl)cc1Cl. The topological polar surface area (TPSA) is 35.8 Å². The third kappa shape index (κ3) is 3.16. The highest BCUT2D eigenvalue weighted by Gasteiger charge is 2.10. The lowest BCUT2D eigenvalue weighted by Crippen LogP contribution is -1.95. The van der Waals surface area contributed by atoms with Crippen LogP contribution in [-0.2, 0) is 0 Å². The largest absolute Gasteiger partial charge is 0.353 e. The zero-order valence-electron chi connectivity index (χ0n) is 9.35. The van der Waals surface area contributed by atoms with E-state index in [1.165, 1.54) is 0 Å². The minimum absolute atomic E-state index is 0.381. The fourth-order valence-corrected chi connectivity index (χ4v) is 2.55. The van der Waals surface area contributed by atoms with Crippen molar-refractivity contribution in [1.82, 2.24) is 0 Å². The lowest BCUT2D eigenvalue weighted by molar-refractivity contribution is 1.44. The number of rotatable bonds is 2. The van der Waals surface area contributed by atoms with E-state index in [0.717, 1.165) is 0 Å². The molecule has 6 heteroatoms.